The summed E-state index contributed by atoms with van der Waals surface area (Å²) in [5, 5.41) is 0.813. The minimum Gasteiger partial charge on any atom is -0.496 e. The Morgan fingerprint density at radius 2 is 1.67 bits per heavy atom. The molecule has 24 heavy (non-hydrogen) atoms. The second-order valence-corrected chi connectivity index (χ2v) is 6.90. The van der Waals surface area contributed by atoms with Gasteiger partial charge in [0.2, 0.25) is 0 Å². The number of benzene rings is 2. The highest BCUT2D eigenvalue weighted by Gasteiger charge is 2.22. The molecule has 2 aromatic carbocycles. The third-order valence-electron chi connectivity index (χ3n) is 3.97. The Labute approximate surface area is 141 Å². The Balaban J connectivity index is 2.07. The van der Waals surface area contributed by atoms with Gasteiger partial charge in [-0.3, -0.25) is 4.98 Å². The standard InChI is InChI=1S/C18H17NO4S/c1-12-13(2)17(10-9-15(12)22-3)24(20,21)23-16-8-4-6-14-7-5-11-19-18(14)16/h4-11H,1-3H3. The Bertz CT molecular complexity index is 1010. The second-order valence-electron chi connectivity index (χ2n) is 5.38. The molecule has 3 rings (SSSR count). The minimum absolute atomic E-state index is 0.119. The molecule has 0 spiro atoms. The summed E-state index contributed by atoms with van der Waals surface area (Å²) in [5.41, 5.74) is 1.87. The number of fused-ring (bicyclic) bond motifs is 1. The fourth-order valence-corrected chi connectivity index (χ4v) is 3.79. The van der Waals surface area contributed by atoms with E-state index in [4.69, 9.17) is 8.92 Å². The van der Waals surface area contributed by atoms with Gasteiger partial charge in [0.25, 0.3) is 0 Å². The molecule has 1 heterocycles. The van der Waals surface area contributed by atoms with Crippen molar-refractivity contribution in [1.82, 2.24) is 4.98 Å². The van der Waals surface area contributed by atoms with Crippen LogP contribution in [0.15, 0.2) is 53.6 Å². The van der Waals surface area contributed by atoms with Crippen molar-refractivity contribution < 1.29 is 17.3 Å². The number of rotatable bonds is 4. The second kappa shape index (κ2) is 6.13. The zero-order valence-electron chi connectivity index (χ0n) is 13.6. The normalized spacial score (nSPS) is 11.5. The van der Waals surface area contributed by atoms with Crippen LogP contribution in [0.1, 0.15) is 11.1 Å². The van der Waals surface area contributed by atoms with Crippen LogP contribution in [0.25, 0.3) is 10.9 Å². The van der Waals surface area contributed by atoms with Crippen molar-refractivity contribution in [2.24, 2.45) is 0 Å². The van der Waals surface area contributed by atoms with Gasteiger partial charge in [0, 0.05) is 11.6 Å². The van der Waals surface area contributed by atoms with E-state index in [9.17, 15) is 8.42 Å². The van der Waals surface area contributed by atoms with Crippen molar-refractivity contribution in [2.45, 2.75) is 18.7 Å². The molecule has 124 valence electrons. The molecule has 1 aromatic heterocycles. The number of nitrogens with zero attached hydrogens (tertiary/aromatic N) is 1. The molecule has 0 fully saturated rings. The van der Waals surface area contributed by atoms with E-state index in [1.165, 1.54) is 6.07 Å². The first kappa shape index (κ1) is 16.3. The predicted octanol–water partition coefficient (Wildman–Crippen LogP) is 3.63. The van der Waals surface area contributed by atoms with Gasteiger partial charge in [-0.2, -0.15) is 8.42 Å². The molecule has 0 aliphatic rings. The van der Waals surface area contributed by atoms with Crippen LogP contribution in [0.2, 0.25) is 0 Å². The van der Waals surface area contributed by atoms with Crippen molar-refractivity contribution in [3.63, 3.8) is 0 Å². The molecule has 0 saturated carbocycles. The largest absolute Gasteiger partial charge is 0.496 e. The summed E-state index contributed by atoms with van der Waals surface area (Å²) in [6.45, 7) is 3.54. The Morgan fingerprint density at radius 1 is 0.917 bits per heavy atom. The maximum atomic E-state index is 12.7. The molecule has 0 N–H and O–H groups in total. The van der Waals surface area contributed by atoms with Crippen molar-refractivity contribution in [3.8, 4) is 11.5 Å². The van der Waals surface area contributed by atoms with Crippen LogP contribution in [0.4, 0.5) is 0 Å². The molecular formula is C18H17NO4S. The van der Waals surface area contributed by atoms with Gasteiger partial charge in [0.1, 0.15) is 16.2 Å². The molecule has 5 nitrogen and oxygen atoms in total. The van der Waals surface area contributed by atoms with Crippen LogP contribution >= 0.6 is 0 Å². The Morgan fingerprint density at radius 3 is 2.42 bits per heavy atom. The summed E-state index contributed by atoms with van der Waals surface area (Å²) in [7, 11) is -2.43. The van der Waals surface area contributed by atoms with Crippen LogP contribution in [0.3, 0.4) is 0 Å². The number of para-hydroxylation sites is 1. The molecule has 0 radical (unpaired) electrons. The van der Waals surface area contributed by atoms with E-state index in [0.29, 0.717) is 16.8 Å². The maximum Gasteiger partial charge on any atom is 0.339 e. The first-order chi connectivity index (χ1) is 11.4. The summed E-state index contributed by atoms with van der Waals surface area (Å²) >= 11 is 0. The minimum atomic E-state index is -3.98. The number of ether oxygens (including phenoxy) is 1. The third-order valence-corrected chi connectivity index (χ3v) is 5.35. The number of methoxy groups -OCH3 is 1. The molecule has 3 aromatic rings. The number of hydrogen-bond acceptors (Lipinski definition) is 5. The van der Waals surface area contributed by atoms with Gasteiger partial charge in [-0.25, -0.2) is 0 Å². The van der Waals surface area contributed by atoms with Crippen LogP contribution in [-0.4, -0.2) is 20.5 Å². The van der Waals surface area contributed by atoms with Gasteiger partial charge in [-0.05, 0) is 49.2 Å². The summed E-state index contributed by atoms with van der Waals surface area (Å²) < 4.78 is 36.1. The van der Waals surface area contributed by atoms with Gasteiger partial charge >= 0.3 is 10.1 Å². The van der Waals surface area contributed by atoms with E-state index in [-0.39, 0.29) is 10.6 Å². The van der Waals surface area contributed by atoms with Crippen molar-refractivity contribution in [3.05, 3.63) is 59.8 Å². The highest BCUT2D eigenvalue weighted by atomic mass is 32.2. The monoisotopic (exact) mass is 343 g/mol. The molecule has 0 aliphatic heterocycles. The van der Waals surface area contributed by atoms with Crippen molar-refractivity contribution in [1.29, 1.82) is 0 Å². The summed E-state index contributed by atoms with van der Waals surface area (Å²) in [4.78, 5) is 4.34. The zero-order chi connectivity index (χ0) is 17.3. The highest BCUT2D eigenvalue weighted by molar-refractivity contribution is 7.87. The maximum absolute atomic E-state index is 12.7. The van der Waals surface area contributed by atoms with Gasteiger partial charge in [-0.1, -0.05) is 18.2 Å². The predicted molar refractivity (Wildman–Crippen MR) is 92.0 cm³/mol. The molecule has 0 bridgehead atoms. The molecule has 0 amide bonds. The highest BCUT2D eigenvalue weighted by Crippen LogP contribution is 2.30. The van der Waals surface area contributed by atoms with E-state index in [2.05, 4.69) is 4.98 Å². The van der Waals surface area contributed by atoms with Gasteiger partial charge in [0.15, 0.2) is 5.75 Å². The number of aromatic nitrogens is 1. The van der Waals surface area contributed by atoms with E-state index >= 15 is 0 Å². The van der Waals surface area contributed by atoms with Crippen LogP contribution in [0.5, 0.6) is 11.5 Å². The van der Waals surface area contributed by atoms with Crippen molar-refractivity contribution in [2.75, 3.05) is 7.11 Å². The molecule has 0 aliphatic carbocycles. The van der Waals surface area contributed by atoms with E-state index in [1.54, 1.807) is 44.5 Å². The Hall–Kier alpha value is -2.60. The van der Waals surface area contributed by atoms with Crippen LogP contribution in [0, 0.1) is 13.8 Å². The zero-order valence-corrected chi connectivity index (χ0v) is 14.4. The summed E-state index contributed by atoms with van der Waals surface area (Å²) in [6.07, 6.45) is 1.60. The quantitative estimate of drug-likeness (QED) is 0.677. The molecule has 0 saturated heterocycles. The van der Waals surface area contributed by atoms with Crippen molar-refractivity contribution >= 4 is 21.0 Å². The molecule has 6 heteroatoms. The fraction of sp³-hybridized carbons (Fsp3) is 0.167. The van der Waals surface area contributed by atoms with E-state index in [1.807, 2.05) is 19.1 Å². The lowest BCUT2D eigenvalue weighted by Crippen LogP contribution is -2.12. The SMILES string of the molecule is COc1ccc(S(=O)(=O)Oc2cccc3cccnc23)c(C)c1C. The van der Waals surface area contributed by atoms with Crippen LogP contribution in [-0.2, 0) is 10.1 Å². The number of pyridine rings is 1. The third kappa shape index (κ3) is 2.80. The van der Waals surface area contributed by atoms with Crippen LogP contribution < -0.4 is 8.92 Å². The van der Waals surface area contributed by atoms with Gasteiger partial charge in [0.05, 0.1) is 7.11 Å². The lowest BCUT2D eigenvalue weighted by molar-refractivity contribution is 0.410. The smallest absolute Gasteiger partial charge is 0.339 e. The van der Waals surface area contributed by atoms with E-state index < -0.39 is 10.1 Å². The lowest BCUT2D eigenvalue weighted by atomic mass is 10.1. The topological polar surface area (TPSA) is 65.5 Å². The Kier molecular flexibility index (Phi) is 4.15. The van der Waals surface area contributed by atoms with Gasteiger partial charge in [-0.15, -0.1) is 0 Å². The first-order valence-electron chi connectivity index (χ1n) is 7.36. The molecule has 0 atom stereocenters. The summed E-state index contributed by atoms with van der Waals surface area (Å²) in [6, 6.07) is 11.9. The average molecular weight is 343 g/mol. The number of hydrogen-bond donors (Lipinski definition) is 0. The summed E-state index contributed by atoms with van der Waals surface area (Å²) in [5.74, 6) is 0.847. The fourth-order valence-electron chi connectivity index (χ4n) is 2.57. The lowest BCUT2D eigenvalue weighted by Gasteiger charge is -2.14. The first-order valence-corrected chi connectivity index (χ1v) is 8.77. The molecule has 0 unspecified atom stereocenters. The van der Waals surface area contributed by atoms with Gasteiger partial charge < -0.3 is 8.92 Å². The molecular weight excluding hydrogens is 326 g/mol. The average Bonchev–Trinajstić information content (AvgIpc) is 2.57. The van der Waals surface area contributed by atoms with E-state index in [0.717, 1.165) is 10.9 Å².